The highest BCUT2D eigenvalue weighted by molar-refractivity contribution is 5.94. The van der Waals surface area contributed by atoms with Gasteiger partial charge in [0.15, 0.2) is 5.43 Å². The lowest BCUT2D eigenvalue weighted by atomic mass is 10.1. The molecule has 0 radical (unpaired) electrons. The normalized spacial score (nSPS) is 11.2. The van der Waals surface area contributed by atoms with Gasteiger partial charge < -0.3 is 9.88 Å². The van der Waals surface area contributed by atoms with Crippen LogP contribution in [0.1, 0.15) is 29.5 Å². The van der Waals surface area contributed by atoms with Crippen LogP contribution in [-0.4, -0.2) is 10.5 Å². The third-order valence-corrected chi connectivity index (χ3v) is 5.57. The Morgan fingerprint density at radius 1 is 0.867 bits per heavy atom. The summed E-state index contributed by atoms with van der Waals surface area (Å²) in [5.41, 5.74) is 6.06. The molecule has 0 saturated carbocycles. The zero-order valence-corrected chi connectivity index (χ0v) is 17.7. The first-order valence-corrected chi connectivity index (χ1v) is 10.3. The smallest absolute Gasteiger partial charge is 0.224 e. The molecule has 0 unspecified atom stereocenters. The zero-order chi connectivity index (χ0) is 21.3. The first-order valence-electron chi connectivity index (χ1n) is 10.3. The summed E-state index contributed by atoms with van der Waals surface area (Å²) in [5.74, 6) is 0.00690. The number of hydrogen-bond donors (Lipinski definition) is 1. The van der Waals surface area contributed by atoms with Gasteiger partial charge in [-0.05, 0) is 63.1 Å². The van der Waals surface area contributed by atoms with Crippen LogP contribution in [-0.2, 0) is 11.3 Å². The van der Waals surface area contributed by atoms with Crippen molar-refractivity contribution in [3.05, 3.63) is 87.6 Å². The van der Waals surface area contributed by atoms with E-state index in [1.807, 2.05) is 75.4 Å². The quantitative estimate of drug-likeness (QED) is 0.451. The van der Waals surface area contributed by atoms with Crippen LogP contribution in [0.4, 0.5) is 5.69 Å². The Hall–Kier alpha value is -3.40. The summed E-state index contributed by atoms with van der Waals surface area (Å²) in [7, 11) is 0. The number of aryl methyl sites for hydroxylation is 4. The maximum Gasteiger partial charge on any atom is 0.224 e. The lowest BCUT2D eigenvalue weighted by Gasteiger charge is -2.16. The Morgan fingerprint density at radius 3 is 2.37 bits per heavy atom. The number of amides is 1. The molecule has 1 N–H and O–H groups in total. The largest absolute Gasteiger partial charge is 0.340 e. The van der Waals surface area contributed by atoms with E-state index in [0.29, 0.717) is 19.4 Å². The molecule has 0 saturated heterocycles. The monoisotopic (exact) mass is 398 g/mol. The van der Waals surface area contributed by atoms with E-state index < -0.39 is 0 Å². The number of benzene rings is 3. The minimum atomic E-state index is 0.00690. The van der Waals surface area contributed by atoms with Crippen LogP contribution in [0.5, 0.6) is 0 Å². The lowest BCUT2D eigenvalue weighted by Crippen LogP contribution is -2.15. The second-order valence-electron chi connectivity index (χ2n) is 7.99. The molecule has 3 aromatic carbocycles. The van der Waals surface area contributed by atoms with Crippen molar-refractivity contribution in [1.82, 2.24) is 4.57 Å². The third kappa shape index (κ3) is 3.86. The number of aromatic nitrogens is 1. The van der Waals surface area contributed by atoms with E-state index in [-0.39, 0.29) is 11.3 Å². The standard InChI is InChI=1S/C26H26N2O2/c1-17-10-12-22(19(3)15-17)27-25(29)9-6-14-28-23-8-5-4-7-20(23)26(30)21-16-18(2)11-13-24(21)28/h4-5,7-8,10-13,15-16H,6,9,14H2,1-3H3,(H,27,29). The summed E-state index contributed by atoms with van der Waals surface area (Å²) in [4.78, 5) is 25.5. The average molecular weight is 399 g/mol. The highest BCUT2D eigenvalue weighted by Gasteiger charge is 2.11. The molecule has 4 aromatic rings. The molecule has 0 aliphatic carbocycles. The molecule has 4 heteroatoms. The van der Waals surface area contributed by atoms with Crippen molar-refractivity contribution in [2.45, 2.75) is 40.2 Å². The topological polar surface area (TPSA) is 51.1 Å². The molecular weight excluding hydrogens is 372 g/mol. The van der Waals surface area contributed by atoms with Crippen LogP contribution in [0.25, 0.3) is 21.8 Å². The van der Waals surface area contributed by atoms with Crippen LogP contribution in [0, 0.1) is 20.8 Å². The molecule has 4 nitrogen and oxygen atoms in total. The molecule has 152 valence electrons. The van der Waals surface area contributed by atoms with Crippen LogP contribution in [0.2, 0.25) is 0 Å². The van der Waals surface area contributed by atoms with Gasteiger partial charge >= 0.3 is 0 Å². The Balaban J connectivity index is 1.58. The minimum absolute atomic E-state index is 0.00690. The number of rotatable bonds is 5. The molecule has 0 fully saturated rings. The van der Waals surface area contributed by atoms with Crippen molar-refractivity contribution in [1.29, 1.82) is 0 Å². The van der Waals surface area contributed by atoms with E-state index in [2.05, 4.69) is 16.0 Å². The summed E-state index contributed by atoms with van der Waals surface area (Å²) in [6.07, 6.45) is 1.10. The zero-order valence-electron chi connectivity index (χ0n) is 17.7. The van der Waals surface area contributed by atoms with Gasteiger partial charge in [0.05, 0.1) is 11.0 Å². The predicted octanol–water partition coefficient (Wildman–Crippen LogP) is 5.50. The summed E-state index contributed by atoms with van der Waals surface area (Å²) in [6, 6.07) is 19.7. The number of pyridine rings is 1. The van der Waals surface area contributed by atoms with Crippen LogP contribution >= 0.6 is 0 Å². The highest BCUT2D eigenvalue weighted by Crippen LogP contribution is 2.21. The molecule has 0 atom stereocenters. The maximum absolute atomic E-state index is 13.0. The van der Waals surface area contributed by atoms with Crippen molar-refractivity contribution in [3.8, 4) is 0 Å². The van der Waals surface area contributed by atoms with Gasteiger partial charge in [-0.25, -0.2) is 0 Å². The first kappa shape index (κ1) is 19.9. The number of para-hydroxylation sites is 1. The Bertz CT molecular complexity index is 1320. The fraction of sp³-hybridized carbons (Fsp3) is 0.231. The number of carbonyl (C=O) groups excluding carboxylic acids is 1. The highest BCUT2D eigenvalue weighted by atomic mass is 16.1. The van der Waals surface area contributed by atoms with E-state index in [4.69, 9.17) is 0 Å². The predicted molar refractivity (Wildman–Crippen MR) is 124 cm³/mol. The first-order chi connectivity index (χ1) is 14.4. The summed E-state index contributed by atoms with van der Waals surface area (Å²) >= 11 is 0. The number of nitrogens with one attached hydrogen (secondary N) is 1. The molecule has 4 rings (SSSR count). The van der Waals surface area contributed by atoms with Crippen molar-refractivity contribution in [2.75, 3.05) is 5.32 Å². The van der Waals surface area contributed by atoms with E-state index in [1.165, 1.54) is 5.56 Å². The minimum Gasteiger partial charge on any atom is -0.340 e. The third-order valence-electron chi connectivity index (χ3n) is 5.57. The van der Waals surface area contributed by atoms with Gasteiger partial charge in [-0.15, -0.1) is 0 Å². The Morgan fingerprint density at radius 2 is 1.57 bits per heavy atom. The van der Waals surface area contributed by atoms with Gasteiger partial charge in [-0.2, -0.15) is 0 Å². The molecule has 0 spiro atoms. The van der Waals surface area contributed by atoms with Gasteiger partial charge in [0.1, 0.15) is 0 Å². The van der Waals surface area contributed by atoms with E-state index in [0.717, 1.165) is 38.6 Å². The van der Waals surface area contributed by atoms with Crippen molar-refractivity contribution in [2.24, 2.45) is 0 Å². The average Bonchev–Trinajstić information content (AvgIpc) is 2.73. The number of hydrogen-bond acceptors (Lipinski definition) is 2. The summed E-state index contributed by atoms with van der Waals surface area (Å²) in [5, 5.41) is 4.46. The second kappa shape index (κ2) is 8.15. The van der Waals surface area contributed by atoms with Crippen LogP contribution in [0.15, 0.2) is 65.5 Å². The van der Waals surface area contributed by atoms with E-state index >= 15 is 0 Å². The molecule has 0 aliphatic heterocycles. The number of carbonyl (C=O) groups is 1. The molecule has 1 aromatic heterocycles. The molecule has 30 heavy (non-hydrogen) atoms. The molecule has 0 bridgehead atoms. The van der Waals surface area contributed by atoms with Gasteiger partial charge in [-0.3, -0.25) is 9.59 Å². The van der Waals surface area contributed by atoms with Crippen molar-refractivity contribution in [3.63, 3.8) is 0 Å². The van der Waals surface area contributed by atoms with Crippen molar-refractivity contribution < 1.29 is 4.79 Å². The fourth-order valence-corrected chi connectivity index (χ4v) is 4.05. The molecule has 0 aliphatic rings. The summed E-state index contributed by atoms with van der Waals surface area (Å²) < 4.78 is 2.16. The number of nitrogens with zero attached hydrogens (tertiary/aromatic N) is 1. The lowest BCUT2D eigenvalue weighted by molar-refractivity contribution is -0.116. The summed E-state index contributed by atoms with van der Waals surface area (Å²) in [6.45, 7) is 6.71. The van der Waals surface area contributed by atoms with Crippen LogP contribution < -0.4 is 10.7 Å². The van der Waals surface area contributed by atoms with Gasteiger partial charge in [0.25, 0.3) is 0 Å². The Labute approximate surface area is 176 Å². The molecular formula is C26H26N2O2. The van der Waals surface area contributed by atoms with E-state index in [1.54, 1.807) is 0 Å². The second-order valence-corrected chi connectivity index (χ2v) is 7.99. The van der Waals surface area contributed by atoms with Crippen molar-refractivity contribution >= 4 is 33.4 Å². The Kier molecular flexibility index (Phi) is 5.40. The van der Waals surface area contributed by atoms with E-state index in [9.17, 15) is 9.59 Å². The SMILES string of the molecule is Cc1ccc(NC(=O)CCCn2c3ccccc3c(=O)c3cc(C)ccc32)c(C)c1. The fourth-order valence-electron chi connectivity index (χ4n) is 4.05. The van der Waals surface area contributed by atoms with Crippen LogP contribution in [0.3, 0.4) is 0 Å². The molecule has 1 heterocycles. The van der Waals surface area contributed by atoms with Gasteiger partial charge in [-0.1, -0.05) is 41.5 Å². The van der Waals surface area contributed by atoms with Gasteiger partial charge in [0, 0.05) is 29.4 Å². The number of anilines is 1. The molecule has 1 amide bonds. The number of fused-ring (bicyclic) bond motifs is 2. The van der Waals surface area contributed by atoms with Gasteiger partial charge in [0.2, 0.25) is 5.91 Å². The maximum atomic E-state index is 13.0.